The van der Waals surface area contributed by atoms with Crippen LogP contribution in [0, 0.1) is 11.3 Å². The fraction of sp³-hybridized carbons (Fsp3) is 0.542. The van der Waals surface area contributed by atoms with Crippen LogP contribution >= 0.6 is 0 Å². The number of methoxy groups -OCH3 is 2. The van der Waals surface area contributed by atoms with Crippen LogP contribution < -0.4 is 0 Å². The Morgan fingerprint density at radius 3 is 2.35 bits per heavy atom. The van der Waals surface area contributed by atoms with Crippen molar-refractivity contribution in [3.05, 3.63) is 42.0 Å². The minimum absolute atomic E-state index is 0.208. The molecular formula is C24H33NO6. The molecule has 0 spiro atoms. The van der Waals surface area contributed by atoms with Crippen molar-refractivity contribution in [2.24, 2.45) is 11.3 Å². The van der Waals surface area contributed by atoms with Crippen LogP contribution in [-0.2, 0) is 30.2 Å². The molecule has 1 fully saturated rings. The number of likely N-dealkylation sites (tertiary alicyclic amines) is 1. The molecule has 2 rings (SSSR count). The number of hydrogen-bond donors (Lipinski definition) is 0. The van der Waals surface area contributed by atoms with Crippen molar-refractivity contribution in [2.75, 3.05) is 27.3 Å². The summed E-state index contributed by atoms with van der Waals surface area (Å²) in [5.41, 5.74) is -0.217. The molecule has 0 aliphatic carbocycles. The van der Waals surface area contributed by atoms with Crippen LogP contribution in [0.3, 0.4) is 0 Å². The summed E-state index contributed by atoms with van der Waals surface area (Å²) in [6.45, 7) is 9.77. The van der Waals surface area contributed by atoms with Crippen molar-refractivity contribution >= 4 is 24.1 Å². The third-order valence-electron chi connectivity index (χ3n) is 5.63. The first-order valence-corrected chi connectivity index (χ1v) is 10.4. The molecule has 0 aromatic heterocycles. The largest absolute Gasteiger partial charge is 0.468 e. The van der Waals surface area contributed by atoms with Gasteiger partial charge in [-0.25, -0.2) is 4.79 Å². The summed E-state index contributed by atoms with van der Waals surface area (Å²) in [5, 5.41) is 0. The van der Waals surface area contributed by atoms with Gasteiger partial charge in [-0.05, 0) is 51.2 Å². The zero-order valence-corrected chi connectivity index (χ0v) is 19.1. The number of carbonyl (C=O) groups excluding carboxylic acids is 3. The number of nitrogens with zero attached hydrogens (tertiary/aromatic N) is 1. The van der Waals surface area contributed by atoms with Gasteiger partial charge in [0.2, 0.25) is 0 Å². The highest BCUT2D eigenvalue weighted by Gasteiger charge is 2.56. The number of ether oxygens (including phenoxy) is 3. The quantitative estimate of drug-likeness (QED) is 0.371. The average molecular weight is 432 g/mol. The van der Waals surface area contributed by atoms with Gasteiger partial charge < -0.3 is 19.1 Å². The predicted octanol–water partition coefficient (Wildman–Crippen LogP) is 3.85. The molecule has 1 aliphatic heterocycles. The third kappa shape index (κ3) is 5.66. The standard InChI is InChI=1S/C24H33NO6/c1-7-17-9-8-10-18(15-17)11-13-24(20(26)29-5,21(27)30-6)19-12-14-25(16-19)22(28)31-23(2,3)4/h7-10,15,19H,1,11-14,16H2,2-6H3/t19-/m0/s1. The molecule has 0 unspecified atom stereocenters. The van der Waals surface area contributed by atoms with E-state index in [2.05, 4.69) is 6.58 Å². The highest BCUT2D eigenvalue weighted by molar-refractivity contribution is 6.00. The van der Waals surface area contributed by atoms with Gasteiger partial charge in [-0.15, -0.1) is 0 Å². The Kier molecular flexibility index (Phi) is 7.87. The second kappa shape index (κ2) is 9.98. The molecule has 31 heavy (non-hydrogen) atoms. The topological polar surface area (TPSA) is 82.1 Å². The van der Waals surface area contributed by atoms with Crippen LogP contribution in [0.25, 0.3) is 6.08 Å². The van der Waals surface area contributed by atoms with Gasteiger partial charge >= 0.3 is 18.0 Å². The number of esters is 2. The smallest absolute Gasteiger partial charge is 0.410 e. The van der Waals surface area contributed by atoms with E-state index in [1.54, 1.807) is 26.8 Å². The third-order valence-corrected chi connectivity index (χ3v) is 5.63. The van der Waals surface area contributed by atoms with Crippen molar-refractivity contribution in [2.45, 2.75) is 45.6 Å². The molecule has 170 valence electrons. The molecule has 1 atom stereocenters. The molecule has 7 heteroatoms. The van der Waals surface area contributed by atoms with Crippen molar-refractivity contribution in [1.29, 1.82) is 0 Å². The molecule has 0 saturated carbocycles. The minimum Gasteiger partial charge on any atom is -0.468 e. The zero-order chi connectivity index (χ0) is 23.2. The van der Waals surface area contributed by atoms with Gasteiger partial charge in [0.1, 0.15) is 5.60 Å². The summed E-state index contributed by atoms with van der Waals surface area (Å²) in [6, 6.07) is 7.74. The molecule has 0 bridgehead atoms. The van der Waals surface area contributed by atoms with Crippen LogP contribution in [-0.4, -0.2) is 55.8 Å². The molecule has 0 radical (unpaired) electrons. The van der Waals surface area contributed by atoms with E-state index >= 15 is 0 Å². The van der Waals surface area contributed by atoms with Crippen LogP contribution in [0.4, 0.5) is 4.79 Å². The normalized spacial score (nSPS) is 16.5. The first kappa shape index (κ1) is 24.4. The molecule has 1 amide bonds. The fourth-order valence-electron chi connectivity index (χ4n) is 4.06. The van der Waals surface area contributed by atoms with Crippen LogP contribution in [0.15, 0.2) is 30.8 Å². The van der Waals surface area contributed by atoms with Gasteiger partial charge in [-0.3, -0.25) is 9.59 Å². The Morgan fingerprint density at radius 1 is 1.16 bits per heavy atom. The molecule has 1 aliphatic rings. The number of rotatable bonds is 7. The average Bonchev–Trinajstić information content (AvgIpc) is 3.23. The van der Waals surface area contributed by atoms with Crippen molar-refractivity contribution < 1.29 is 28.6 Å². The van der Waals surface area contributed by atoms with Crippen LogP contribution in [0.2, 0.25) is 0 Å². The second-order valence-electron chi connectivity index (χ2n) is 8.82. The predicted molar refractivity (Wildman–Crippen MR) is 117 cm³/mol. The maximum atomic E-state index is 13.0. The lowest BCUT2D eigenvalue weighted by Gasteiger charge is -2.34. The van der Waals surface area contributed by atoms with E-state index in [4.69, 9.17) is 14.2 Å². The van der Waals surface area contributed by atoms with Crippen molar-refractivity contribution in [1.82, 2.24) is 4.90 Å². The fourth-order valence-corrected chi connectivity index (χ4v) is 4.06. The van der Waals surface area contributed by atoms with Gasteiger partial charge in [-0.1, -0.05) is 36.9 Å². The number of hydrogen-bond acceptors (Lipinski definition) is 6. The Hall–Kier alpha value is -2.83. The number of aryl methyl sites for hydroxylation is 1. The molecule has 0 N–H and O–H groups in total. The van der Waals surface area contributed by atoms with E-state index in [0.29, 0.717) is 19.4 Å². The summed E-state index contributed by atoms with van der Waals surface area (Å²) < 4.78 is 15.6. The Balaban J connectivity index is 2.31. The molecule has 1 saturated heterocycles. The van der Waals surface area contributed by atoms with E-state index in [-0.39, 0.29) is 13.0 Å². The summed E-state index contributed by atoms with van der Waals surface area (Å²) in [7, 11) is 2.53. The van der Waals surface area contributed by atoms with Gasteiger partial charge in [-0.2, -0.15) is 0 Å². The number of benzene rings is 1. The maximum Gasteiger partial charge on any atom is 0.410 e. The summed E-state index contributed by atoms with van der Waals surface area (Å²) in [6.07, 6.45) is 2.43. The Bertz CT molecular complexity index is 810. The van der Waals surface area contributed by atoms with E-state index < -0.39 is 35.0 Å². The van der Waals surface area contributed by atoms with Gasteiger partial charge in [0.15, 0.2) is 5.41 Å². The summed E-state index contributed by atoms with van der Waals surface area (Å²) >= 11 is 0. The molecule has 7 nitrogen and oxygen atoms in total. The maximum absolute atomic E-state index is 13.0. The summed E-state index contributed by atoms with van der Waals surface area (Å²) in [4.78, 5) is 40.1. The summed E-state index contributed by atoms with van der Waals surface area (Å²) in [5.74, 6) is -1.73. The minimum atomic E-state index is -1.51. The zero-order valence-electron chi connectivity index (χ0n) is 19.1. The van der Waals surface area contributed by atoms with E-state index in [1.807, 2.05) is 24.3 Å². The Labute approximate surface area is 184 Å². The van der Waals surface area contributed by atoms with E-state index in [0.717, 1.165) is 11.1 Å². The monoisotopic (exact) mass is 431 g/mol. The lowest BCUT2D eigenvalue weighted by molar-refractivity contribution is -0.174. The number of carbonyl (C=O) groups is 3. The highest BCUT2D eigenvalue weighted by atomic mass is 16.6. The molecule has 1 aromatic rings. The van der Waals surface area contributed by atoms with Gasteiger partial charge in [0, 0.05) is 19.0 Å². The highest BCUT2D eigenvalue weighted by Crippen LogP contribution is 2.41. The SMILES string of the molecule is C=Cc1cccc(CCC(C(=O)OC)(C(=O)OC)[C@H]2CCN(C(=O)OC(C)(C)C)C2)c1. The van der Waals surface area contributed by atoms with Crippen LogP contribution in [0.1, 0.15) is 44.7 Å². The lowest BCUT2D eigenvalue weighted by atomic mass is 9.70. The first-order chi connectivity index (χ1) is 14.6. The van der Waals surface area contributed by atoms with Crippen LogP contribution in [0.5, 0.6) is 0 Å². The van der Waals surface area contributed by atoms with Gasteiger partial charge in [0.25, 0.3) is 0 Å². The van der Waals surface area contributed by atoms with E-state index in [9.17, 15) is 14.4 Å². The van der Waals surface area contributed by atoms with Crippen molar-refractivity contribution in [3.8, 4) is 0 Å². The van der Waals surface area contributed by atoms with Gasteiger partial charge in [0.05, 0.1) is 14.2 Å². The first-order valence-electron chi connectivity index (χ1n) is 10.4. The molecular weight excluding hydrogens is 398 g/mol. The van der Waals surface area contributed by atoms with Crippen molar-refractivity contribution in [3.63, 3.8) is 0 Å². The molecule has 1 aromatic carbocycles. The number of amides is 1. The Morgan fingerprint density at radius 2 is 1.81 bits per heavy atom. The lowest BCUT2D eigenvalue weighted by Crippen LogP contribution is -2.49. The van der Waals surface area contributed by atoms with E-state index in [1.165, 1.54) is 19.1 Å². The second-order valence-corrected chi connectivity index (χ2v) is 8.82. The molecule has 1 heterocycles.